The maximum Gasteiger partial charge on any atom is 0.255 e. The smallest absolute Gasteiger partial charge is 0.255 e. The van der Waals surface area contributed by atoms with Gasteiger partial charge in [0.2, 0.25) is 5.91 Å². The second-order valence-corrected chi connectivity index (χ2v) is 5.23. The van der Waals surface area contributed by atoms with Gasteiger partial charge in [0.1, 0.15) is 11.5 Å². The minimum atomic E-state index is -0.312. The van der Waals surface area contributed by atoms with Crippen LogP contribution in [0.1, 0.15) is 22.8 Å². The van der Waals surface area contributed by atoms with E-state index in [4.69, 9.17) is 9.47 Å². The Balaban J connectivity index is 2.28. The van der Waals surface area contributed by atoms with Crippen LogP contribution in [0.25, 0.3) is 0 Å². The van der Waals surface area contributed by atoms with Gasteiger partial charge in [-0.25, -0.2) is 0 Å². The first-order valence-electron chi connectivity index (χ1n) is 7.36. The van der Waals surface area contributed by atoms with Crippen LogP contribution in [0.5, 0.6) is 11.5 Å². The fourth-order valence-electron chi connectivity index (χ4n) is 2.19. The number of hydrogen-bond donors (Lipinski definition) is 2. The molecule has 0 aliphatic heterocycles. The Labute approximate surface area is 140 Å². The zero-order valence-electron chi connectivity index (χ0n) is 14.1. The summed E-state index contributed by atoms with van der Waals surface area (Å²) in [5.74, 6) is 0.630. The lowest BCUT2D eigenvalue weighted by atomic mass is 10.1. The van der Waals surface area contributed by atoms with E-state index < -0.39 is 0 Å². The van der Waals surface area contributed by atoms with Crippen LogP contribution in [0.3, 0.4) is 0 Å². The van der Waals surface area contributed by atoms with Crippen LogP contribution in [-0.4, -0.2) is 26.0 Å². The highest BCUT2D eigenvalue weighted by Crippen LogP contribution is 2.29. The Kier molecular flexibility index (Phi) is 5.42. The van der Waals surface area contributed by atoms with Gasteiger partial charge >= 0.3 is 0 Å². The van der Waals surface area contributed by atoms with Crippen LogP contribution in [0, 0.1) is 6.92 Å². The summed E-state index contributed by atoms with van der Waals surface area (Å²) in [4.78, 5) is 23.8. The molecule has 0 atom stereocenters. The molecule has 0 saturated heterocycles. The molecule has 6 heteroatoms. The van der Waals surface area contributed by atoms with Gasteiger partial charge in [0.15, 0.2) is 0 Å². The van der Waals surface area contributed by atoms with Crippen LogP contribution < -0.4 is 20.1 Å². The number of aryl methyl sites for hydroxylation is 1. The molecule has 6 nitrogen and oxygen atoms in total. The van der Waals surface area contributed by atoms with Gasteiger partial charge in [-0.15, -0.1) is 0 Å². The summed E-state index contributed by atoms with van der Waals surface area (Å²) in [5, 5.41) is 5.51. The third kappa shape index (κ3) is 4.04. The number of rotatable bonds is 5. The fraction of sp³-hybridized carbons (Fsp3) is 0.222. The molecule has 0 aliphatic rings. The van der Waals surface area contributed by atoms with Gasteiger partial charge in [-0.1, -0.05) is 6.07 Å². The van der Waals surface area contributed by atoms with Gasteiger partial charge in [-0.2, -0.15) is 0 Å². The maximum absolute atomic E-state index is 12.5. The Morgan fingerprint density at radius 2 is 1.67 bits per heavy atom. The normalized spacial score (nSPS) is 10.0. The molecule has 2 rings (SSSR count). The lowest BCUT2D eigenvalue weighted by Crippen LogP contribution is -2.14. The van der Waals surface area contributed by atoms with Crippen molar-refractivity contribution in [1.29, 1.82) is 0 Å². The van der Waals surface area contributed by atoms with Crippen molar-refractivity contribution in [2.75, 3.05) is 24.9 Å². The summed E-state index contributed by atoms with van der Waals surface area (Å²) in [6.45, 7) is 3.28. The summed E-state index contributed by atoms with van der Waals surface area (Å²) in [6, 6.07) is 10.3. The molecule has 0 heterocycles. The van der Waals surface area contributed by atoms with E-state index in [0.717, 1.165) is 5.56 Å². The highest BCUT2D eigenvalue weighted by atomic mass is 16.5. The second-order valence-electron chi connectivity index (χ2n) is 5.23. The Morgan fingerprint density at radius 1 is 0.917 bits per heavy atom. The molecule has 0 saturated carbocycles. The van der Waals surface area contributed by atoms with Crippen LogP contribution >= 0.6 is 0 Å². The van der Waals surface area contributed by atoms with E-state index in [-0.39, 0.29) is 11.8 Å². The first-order valence-corrected chi connectivity index (χ1v) is 7.36. The molecule has 24 heavy (non-hydrogen) atoms. The number of ether oxygens (including phenoxy) is 2. The van der Waals surface area contributed by atoms with Gasteiger partial charge in [0.05, 0.1) is 19.9 Å². The van der Waals surface area contributed by atoms with Gasteiger partial charge in [-0.3, -0.25) is 9.59 Å². The number of hydrogen-bond acceptors (Lipinski definition) is 4. The Hall–Kier alpha value is -3.02. The molecule has 0 bridgehead atoms. The third-order valence-electron chi connectivity index (χ3n) is 3.47. The van der Waals surface area contributed by atoms with Gasteiger partial charge in [-0.05, 0) is 36.8 Å². The average molecular weight is 328 g/mol. The lowest BCUT2D eigenvalue weighted by molar-refractivity contribution is -0.114. The highest BCUT2D eigenvalue weighted by molar-refractivity contribution is 6.06. The van der Waals surface area contributed by atoms with Crippen molar-refractivity contribution in [2.45, 2.75) is 13.8 Å². The van der Waals surface area contributed by atoms with Crippen LogP contribution in [0.2, 0.25) is 0 Å². The van der Waals surface area contributed by atoms with Gasteiger partial charge < -0.3 is 20.1 Å². The van der Waals surface area contributed by atoms with E-state index in [9.17, 15) is 9.59 Å². The molecule has 0 aliphatic carbocycles. The molecule has 126 valence electrons. The Bertz CT molecular complexity index is 772. The van der Waals surface area contributed by atoms with E-state index in [1.54, 1.807) is 43.5 Å². The Morgan fingerprint density at radius 3 is 2.29 bits per heavy atom. The van der Waals surface area contributed by atoms with E-state index in [2.05, 4.69) is 10.6 Å². The minimum absolute atomic E-state index is 0.190. The molecule has 0 spiro atoms. The number of carbonyl (C=O) groups is 2. The van der Waals surface area contributed by atoms with Crippen LogP contribution in [-0.2, 0) is 4.79 Å². The van der Waals surface area contributed by atoms with Crippen molar-refractivity contribution in [2.24, 2.45) is 0 Å². The topological polar surface area (TPSA) is 76.7 Å². The molecule has 0 fully saturated rings. The number of benzene rings is 2. The molecular weight excluding hydrogens is 308 g/mol. The average Bonchev–Trinajstić information content (AvgIpc) is 2.56. The zero-order chi connectivity index (χ0) is 17.7. The first-order chi connectivity index (χ1) is 11.4. The molecule has 0 aromatic heterocycles. The quantitative estimate of drug-likeness (QED) is 0.883. The van der Waals surface area contributed by atoms with Crippen molar-refractivity contribution in [3.8, 4) is 11.5 Å². The van der Waals surface area contributed by atoms with E-state index in [1.165, 1.54) is 14.0 Å². The molecular formula is C18H20N2O4. The van der Waals surface area contributed by atoms with Crippen LogP contribution in [0.4, 0.5) is 11.4 Å². The summed E-state index contributed by atoms with van der Waals surface area (Å²) >= 11 is 0. The van der Waals surface area contributed by atoms with Gasteiger partial charge in [0.25, 0.3) is 5.91 Å². The van der Waals surface area contributed by atoms with Crippen molar-refractivity contribution >= 4 is 23.2 Å². The third-order valence-corrected chi connectivity index (χ3v) is 3.47. The largest absolute Gasteiger partial charge is 0.497 e. The second kappa shape index (κ2) is 7.50. The van der Waals surface area contributed by atoms with Crippen molar-refractivity contribution < 1.29 is 19.1 Å². The summed E-state index contributed by atoms with van der Waals surface area (Å²) in [7, 11) is 3.07. The molecule has 2 aromatic rings. The summed E-state index contributed by atoms with van der Waals surface area (Å²) in [6.07, 6.45) is 0. The predicted octanol–water partition coefficient (Wildman–Crippen LogP) is 3.22. The number of amides is 2. The molecule has 0 unspecified atom stereocenters. The summed E-state index contributed by atoms with van der Waals surface area (Å²) in [5.41, 5.74) is 2.41. The maximum atomic E-state index is 12.5. The van der Waals surface area contributed by atoms with E-state index >= 15 is 0 Å². The van der Waals surface area contributed by atoms with E-state index in [0.29, 0.717) is 28.4 Å². The molecule has 2 aromatic carbocycles. The first kappa shape index (κ1) is 17.3. The number of anilines is 2. The number of methoxy groups -OCH3 is 2. The van der Waals surface area contributed by atoms with E-state index in [1.807, 2.05) is 6.92 Å². The standard InChI is InChI=1S/C18H20N2O4/c1-11-5-6-13(9-15(11)19-12(2)21)18(22)20-16-10-14(23-3)7-8-17(16)24-4/h5-10H,1-4H3,(H,19,21)(H,20,22). The van der Waals surface area contributed by atoms with Crippen molar-refractivity contribution in [1.82, 2.24) is 0 Å². The SMILES string of the molecule is COc1ccc(OC)c(NC(=O)c2ccc(C)c(NC(C)=O)c2)c1. The zero-order valence-corrected chi connectivity index (χ0v) is 14.1. The van der Waals surface area contributed by atoms with Crippen molar-refractivity contribution in [3.05, 3.63) is 47.5 Å². The van der Waals surface area contributed by atoms with Gasteiger partial charge in [0, 0.05) is 24.2 Å². The summed E-state index contributed by atoms with van der Waals surface area (Å²) < 4.78 is 10.4. The molecule has 0 radical (unpaired) electrons. The molecule has 2 N–H and O–H groups in total. The predicted molar refractivity (Wildman–Crippen MR) is 93.0 cm³/mol. The minimum Gasteiger partial charge on any atom is -0.497 e. The highest BCUT2D eigenvalue weighted by Gasteiger charge is 2.13. The lowest BCUT2D eigenvalue weighted by Gasteiger charge is -2.13. The monoisotopic (exact) mass is 328 g/mol. The number of nitrogens with one attached hydrogen (secondary N) is 2. The van der Waals surface area contributed by atoms with Crippen molar-refractivity contribution in [3.63, 3.8) is 0 Å². The number of carbonyl (C=O) groups excluding carboxylic acids is 2. The van der Waals surface area contributed by atoms with Crippen LogP contribution in [0.15, 0.2) is 36.4 Å². The molecule has 2 amide bonds. The fourth-order valence-corrected chi connectivity index (χ4v) is 2.19.